The molecule has 27 heavy (non-hydrogen) atoms. The predicted molar refractivity (Wildman–Crippen MR) is 108 cm³/mol. The third-order valence-corrected chi connectivity index (χ3v) is 4.26. The quantitative estimate of drug-likeness (QED) is 0.633. The van der Waals surface area contributed by atoms with Gasteiger partial charge in [0.1, 0.15) is 5.75 Å². The fourth-order valence-corrected chi connectivity index (χ4v) is 2.46. The summed E-state index contributed by atoms with van der Waals surface area (Å²) < 4.78 is 5.73. The molecule has 2 aromatic carbocycles. The van der Waals surface area contributed by atoms with Crippen molar-refractivity contribution in [3.05, 3.63) is 59.7 Å². The van der Waals surface area contributed by atoms with Crippen LogP contribution in [0.4, 0.5) is 5.69 Å². The zero-order valence-electron chi connectivity index (χ0n) is 16.2. The number of ether oxygens (including phenoxy) is 1. The monoisotopic (exact) mass is 368 g/mol. The predicted octanol–water partition coefficient (Wildman–Crippen LogP) is 4.65. The summed E-state index contributed by atoms with van der Waals surface area (Å²) in [6.45, 7) is 6.75. The molecular weight excluding hydrogens is 340 g/mol. The van der Waals surface area contributed by atoms with Gasteiger partial charge in [-0.3, -0.25) is 9.59 Å². The van der Waals surface area contributed by atoms with E-state index in [-0.39, 0.29) is 17.9 Å². The lowest BCUT2D eigenvalue weighted by Gasteiger charge is -2.13. The number of hydrogen-bond donors (Lipinski definition) is 2. The van der Waals surface area contributed by atoms with E-state index in [0.717, 1.165) is 25.0 Å². The lowest BCUT2D eigenvalue weighted by Crippen LogP contribution is -2.26. The lowest BCUT2D eigenvalue weighted by molar-refractivity contribution is 0.0954. The van der Waals surface area contributed by atoms with Crippen molar-refractivity contribution in [3.8, 4) is 5.75 Å². The molecule has 5 nitrogen and oxygen atoms in total. The first kappa shape index (κ1) is 20.5. The first-order valence-corrected chi connectivity index (χ1v) is 9.50. The van der Waals surface area contributed by atoms with Crippen LogP contribution in [0.3, 0.4) is 0 Å². The lowest BCUT2D eigenvalue weighted by atomic mass is 10.1. The summed E-state index contributed by atoms with van der Waals surface area (Å²) in [5, 5.41) is 5.71. The molecule has 2 aromatic rings. The van der Waals surface area contributed by atoms with Gasteiger partial charge in [-0.25, -0.2) is 0 Å². The molecule has 0 spiro atoms. The molecule has 0 heterocycles. The van der Waals surface area contributed by atoms with Crippen LogP contribution in [0.2, 0.25) is 0 Å². The van der Waals surface area contributed by atoms with E-state index in [1.54, 1.807) is 48.5 Å². The molecule has 2 rings (SSSR count). The standard InChI is InChI=1S/C22H28N2O3/c1-4-6-15-23-22(26)19-9-7-8-10-20(19)24-21(25)17-11-13-18(14-12-17)27-16(3)5-2/h7-14,16H,4-6,15H2,1-3H3,(H,23,26)(H,24,25). The SMILES string of the molecule is CCCCNC(=O)c1ccccc1NC(=O)c1ccc(OC(C)CC)cc1. The van der Waals surface area contributed by atoms with E-state index in [2.05, 4.69) is 24.5 Å². The van der Waals surface area contributed by atoms with Crippen molar-refractivity contribution in [3.63, 3.8) is 0 Å². The number of carbonyl (C=O) groups excluding carboxylic acids is 2. The minimum atomic E-state index is -0.265. The summed E-state index contributed by atoms with van der Waals surface area (Å²) in [7, 11) is 0. The Morgan fingerprint density at radius 1 is 1.00 bits per heavy atom. The number of hydrogen-bond acceptors (Lipinski definition) is 3. The van der Waals surface area contributed by atoms with Gasteiger partial charge in [0.25, 0.3) is 11.8 Å². The van der Waals surface area contributed by atoms with E-state index in [1.807, 2.05) is 6.92 Å². The highest BCUT2D eigenvalue weighted by Gasteiger charge is 2.14. The second-order valence-electron chi connectivity index (χ2n) is 6.47. The molecule has 0 saturated carbocycles. The molecule has 2 amide bonds. The first-order valence-electron chi connectivity index (χ1n) is 9.50. The third-order valence-electron chi connectivity index (χ3n) is 4.26. The van der Waals surface area contributed by atoms with Crippen molar-refractivity contribution >= 4 is 17.5 Å². The average molecular weight is 368 g/mol. The second-order valence-corrected chi connectivity index (χ2v) is 6.47. The molecule has 0 bridgehead atoms. The normalized spacial score (nSPS) is 11.5. The Bertz CT molecular complexity index is 756. The van der Waals surface area contributed by atoms with Gasteiger partial charge in [-0.15, -0.1) is 0 Å². The number of amides is 2. The van der Waals surface area contributed by atoms with Crippen LogP contribution >= 0.6 is 0 Å². The zero-order valence-corrected chi connectivity index (χ0v) is 16.2. The van der Waals surface area contributed by atoms with Gasteiger partial charge in [0.15, 0.2) is 0 Å². The molecule has 144 valence electrons. The Morgan fingerprint density at radius 2 is 1.70 bits per heavy atom. The van der Waals surface area contributed by atoms with Crippen molar-refractivity contribution < 1.29 is 14.3 Å². The van der Waals surface area contributed by atoms with Gasteiger partial charge in [-0.05, 0) is 56.2 Å². The van der Waals surface area contributed by atoms with Gasteiger partial charge >= 0.3 is 0 Å². The van der Waals surface area contributed by atoms with Gasteiger partial charge in [0, 0.05) is 12.1 Å². The fourth-order valence-electron chi connectivity index (χ4n) is 2.46. The van der Waals surface area contributed by atoms with Crippen LogP contribution in [0.5, 0.6) is 5.75 Å². The highest BCUT2D eigenvalue weighted by atomic mass is 16.5. The van der Waals surface area contributed by atoms with E-state index >= 15 is 0 Å². The third kappa shape index (κ3) is 6.13. The summed E-state index contributed by atoms with van der Waals surface area (Å²) in [6.07, 6.45) is 2.97. The van der Waals surface area contributed by atoms with Crippen LogP contribution in [-0.4, -0.2) is 24.5 Å². The number of unbranched alkanes of at least 4 members (excludes halogenated alkanes) is 1. The van der Waals surface area contributed by atoms with Crippen molar-refractivity contribution in [1.82, 2.24) is 5.32 Å². The van der Waals surface area contributed by atoms with E-state index in [9.17, 15) is 9.59 Å². The van der Waals surface area contributed by atoms with E-state index in [1.165, 1.54) is 0 Å². The van der Waals surface area contributed by atoms with Crippen molar-refractivity contribution in [2.75, 3.05) is 11.9 Å². The molecule has 0 aliphatic rings. The van der Waals surface area contributed by atoms with Gasteiger partial charge in [-0.2, -0.15) is 0 Å². The largest absolute Gasteiger partial charge is 0.491 e. The number of nitrogens with one attached hydrogen (secondary N) is 2. The van der Waals surface area contributed by atoms with Crippen LogP contribution < -0.4 is 15.4 Å². The zero-order chi connectivity index (χ0) is 19.6. The molecule has 0 aliphatic heterocycles. The van der Waals surface area contributed by atoms with Crippen LogP contribution in [0.25, 0.3) is 0 Å². The Labute approximate surface area is 161 Å². The summed E-state index contributed by atoms with van der Waals surface area (Å²) in [5.74, 6) is 0.284. The van der Waals surface area contributed by atoms with Crippen LogP contribution in [-0.2, 0) is 0 Å². The van der Waals surface area contributed by atoms with Gasteiger partial charge in [0.2, 0.25) is 0 Å². The molecule has 0 radical (unpaired) electrons. The maximum Gasteiger partial charge on any atom is 0.255 e. The molecule has 0 saturated heterocycles. The number of para-hydroxylation sites is 1. The highest BCUT2D eigenvalue weighted by Crippen LogP contribution is 2.18. The molecule has 0 fully saturated rings. The van der Waals surface area contributed by atoms with Crippen LogP contribution in [0.15, 0.2) is 48.5 Å². The minimum absolute atomic E-state index is 0.128. The number of carbonyl (C=O) groups is 2. The summed E-state index contributed by atoms with van der Waals surface area (Å²) >= 11 is 0. The molecule has 0 aromatic heterocycles. The van der Waals surface area contributed by atoms with Gasteiger partial charge < -0.3 is 15.4 Å². The van der Waals surface area contributed by atoms with Crippen molar-refractivity contribution in [2.24, 2.45) is 0 Å². The van der Waals surface area contributed by atoms with Crippen molar-refractivity contribution in [1.29, 1.82) is 0 Å². The van der Waals surface area contributed by atoms with Crippen LogP contribution in [0.1, 0.15) is 60.7 Å². The highest BCUT2D eigenvalue weighted by molar-refractivity contribution is 6.09. The maximum atomic E-state index is 12.6. The van der Waals surface area contributed by atoms with Gasteiger partial charge in [-0.1, -0.05) is 32.4 Å². The molecule has 2 N–H and O–H groups in total. The van der Waals surface area contributed by atoms with Crippen molar-refractivity contribution in [2.45, 2.75) is 46.1 Å². The van der Waals surface area contributed by atoms with Crippen LogP contribution in [0, 0.1) is 0 Å². The molecule has 0 aliphatic carbocycles. The topological polar surface area (TPSA) is 67.4 Å². The Morgan fingerprint density at radius 3 is 2.37 bits per heavy atom. The van der Waals surface area contributed by atoms with E-state index in [4.69, 9.17) is 4.74 Å². The number of rotatable bonds is 9. The Balaban J connectivity index is 2.06. The first-order chi connectivity index (χ1) is 13.0. The molecular formula is C22H28N2O3. The smallest absolute Gasteiger partial charge is 0.255 e. The summed E-state index contributed by atoms with van der Waals surface area (Å²) in [4.78, 5) is 24.9. The van der Waals surface area contributed by atoms with E-state index < -0.39 is 0 Å². The Hall–Kier alpha value is -2.82. The summed E-state index contributed by atoms with van der Waals surface area (Å²) in [6, 6.07) is 14.0. The number of benzene rings is 2. The van der Waals surface area contributed by atoms with Gasteiger partial charge in [0.05, 0.1) is 17.4 Å². The molecule has 1 unspecified atom stereocenters. The second kappa shape index (κ2) is 10.4. The average Bonchev–Trinajstić information content (AvgIpc) is 2.69. The molecule has 1 atom stereocenters. The fraction of sp³-hybridized carbons (Fsp3) is 0.364. The Kier molecular flexibility index (Phi) is 7.86. The maximum absolute atomic E-state index is 12.6. The van der Waals surface area contributed by atoms with E-state index in [0.29, 0.717) is 23.4 Å². The molecule has 5 heteroatoms. The summed E-state index contributed by atoms with van der Waals surface area (Å²) in [5.41, 5.74) is 1.46. The number of anilines is 1. The minimum Gasteiger partial charge on any atom is -0.491 e.